The lowest BCUT2D eigenvalue weighted by Gasteiger charge is -2.29. The Balaban J connectivity index is -0.000000145. The summed E-state index contributed by atoms with van der Waals surface area (Å²) in [5, 5.41) is 0. The van der Waals surface area contributed by atoms with Gasteiger partial charge in [0.05, 0.1) is 9.49 Å². The fraction of sp³-hybridized carbons (Fsp3) is 1.00. The quantitative estimate of drug-likeness (QED) is 0.556. The lowest BCUT2D eigenvalue weighted by molar-refractivity contribution is 0.525. The van der Waals surface area contributed by atoms with E-state index in [1.807, 2.05) is 41.5 Å². The van der Waals surface area contributed by atoms with Crippen LogP contribution in [0.1, 0.15) is 97.9 Å². The molecule has 0 rings (SSSR count). The third-order valence-corrected chi connectivity index (χ3v) is 8.17. The van der Waals surface area contributed by atoms with E-state index in [1.54, 1.807) is 41.5 Å². The summed E-state index contributed by atoms with van der Waals surface area (Å²) >= 11 is 0. The Labute approximate surface area is 150 Å². The molecule has 0 spiro atoms. The molecule has 0 fully saturated rings. The Morgan fingerprint density at radius 2 is 0.739 bits per heavy atom. The Kier molecular flexibility index (Phi) is 12.1. The highest BCUT2D eigenvalue weighted by Gasteiger charge is 2.39. The molecular formula is C18H44O3S2. The van der Waals surface area contributed by atoms with Gasteiger partial charge in [-0.15, -0.1) is 0 Å². The smallest absolute Gasteiger partial charge is 0.160 e. The first-order valence-corrected chi connectivity index (χ1v) is 9.95. The van der Waals surface area contributed by atoms with Gasteiger partial charge in [0.25, 0.3) is 0 Å². The molecule has 23 heavy (non-hydrogen) atoms. The van der Waals surface area contributed by atoms with Crippen LogP contribution in [0.4, 0.5) is 0 Å². The Morgan fingerprint density at radius 1 is 0.565 bits per heavy atom. The van der Waals surface area contributed by atoms with Gasteiger partial charge in [0.1, 0.15) is 0 Å². The Morgan fingerprint density at radius 3 is 0.739 bits per heavy atom. The Hall–Kier alpha value is 0.1000. The van der Waals surface area contributed by atoms with Crippen LogP contribution in [0.2, 0.25) is 0 Å². The summed E-state index contributed by atoms with van der Waals surface area (Å²) in [6, 6.07) is 0. The van der Waals surface area contributed by atoms with E-state index in [4.69, 9.17) is 0 Å². The molecule has 0 unspecified atom stereocenters. The van der Waals surface area contributed by atoms with Crippen LogP contribution in [-0.4, -0.2) is 31.6 Å². The first kappa shape index (κ1) is 30.9. The normalized spacial score (nSPS) is 13.4. The highest BCUT2D eigenvalue weighted by atomic mass is 32.2. The van der Waals surface area contributed by atoms with Gasteiger partial charge < -0.3 is 0 Å². The molecule has 0 aliphatic heterocycles. The maximum Gasteiger partial charge on any atom is 0.160 e. The largest absolute Gasteiger partial charge is 0.258 e. The molecule has 0 aromatic carbocycles. The van der Waals surface area contributed by atoms with Crippen molar-refractivity contribution in [2.75, 3.05) is 0 Å². The lowest BCUT2D eigenvalue weighted by atomic mass is 10.2. The third kappa shape index (κ3) is 9.85. The van der Waals surface area contributed by atoms with E-state index >= 15 is 0 Å². The van der Waals surface area contributed by atoms with E-state index in [0.29, 0.717) is 0 Å². The van der Waals surface area contributed by atoms with Gasteiger partial charge in [-0.05, 0) is 83.1 Å². The van der Waals surface area contributed by atoms with Gasteiger partial charge in [0, 0.05) is 20.3 Å². The summed E-state index contributed by atoms with van der Waals surface area (Å²) in [7, 11) is -3.77. The molecule has 0 saturated heterocycles. The van der Waals surface area contributed by atoms with Crippen LogP contribution < -0.4 is 0 Å². The summed E-state index contributed by atoms with van der Waals surface area (Å²) < 4.78 is 33.5. The van der Waals surface area contributed by atoms with Crippen molar-refractivity contribution in [3.05, 3.63) is 0 Å². The molecule has 0 aliphatic carbocycles. The minimum atomic E-state index is -3.01. The van der Waals surface area contributed by atoms with Crippen molar-refractivity contribution < 1.29 is 12.6 Å². The van der Waals surface area contributed by atoms with Crippen molar-refractivity contribution in [2.45, 2.75) is 117 Å². The average molecular weight is 373 g/mol. The SMILES string of the molecule is C.C.CC(C)(C)S(=O)(=O)C(C)(C)C.CC(C)(C)S(=O)C(C)(C)C. The van der Waals surface area contributed by atoms with Crippen LogP contribution in [0.5, 0.6) is 0 Å². The number of rotatable bonds is 0. The van der Waals surface area contributed by atoms with E-state index in [9.17, 15) is 12.6 Å². The summed E-state index contributed by atoms with van der Waals surface area (Å²) in [6.07, 6.45) is 0. The molecule has 0 aliphatic rings. The Bertz CT molecular complexity index is 412. The summed E-state index contributed by atoms with van der Waals surface area (Å²) in [4.78, 5) is 0. The van der Waals surface area contributed by atoms with Crippen LogP contribution in [-0.2, 0) is 20.6 Å². The van der Waals surface area contributed by atoms with Crippen molar-refractivity contribution >= 4 is 20.6 Å². The molecule has 0 N–H and O–H groups in total. The van der Waals surface area contributed by atoms with E-state index in [-0.39, 0.29) is 24.3 Å². The molecule has 146 valence electrons. The summed E-state index contributed by atoms with van der Waals surface area (Å²) in [5.41, 5.74) is 0. The highest BCUT2D eigenvalue weighted by molar-refractivity contribution is 7.94. The standard InChI is InChI=1S/C8H18O2S.C8H18OS.2CH4/c1-7(2,3)11(9,10)8(4,5)6;1-7(2,3)10(9)8(4,5)6;;/h1-6H3;1-6H3;2*1H4. The van der Waals surface area contributed by atoms with Gasteiger partial charge in [0.15, 0.2) is 9.84 Å². The highest BCUT2D eigenvalue weighted by Crippen LogP contribution is 2.28. The second-order valence-electron chi connectivity index (χ2n) is 9.22. The second-order valence-corrected chi connectivity index (χ2v) is 15.7. The van der Waals surface area contributed by atoms with Gasteiger partial charge in [-0.25, -0.2) is 8.42 Å². The first-order valence-electron chi connectivity index (χ1n) is 7.32. The minimum absolute atomic E-state index is 0. The number of hydrogen-bond acceptors (Lipinski definition) is 3. The van der Waals surface area contributed by atoms with E-state index in [2.05, 4.69) is 0 Å². The zero-order valence-corrected chi connectivity index (χ0v) is 17.7. The molecule has 3 nitrogen and oxygen atoms in total. The molecule has 0 atom stereocenters. The van der Waals surface area contributed by atoms with Crippen molar-refractivity contribution in [1.82, 2.24) is 0 Å². The molecule has 0 aromatic rings. The van der Waals surface area contributed by atoms with Crippen molar-refractivity contribution in [3.8, 4) is 0 Å². The monoisotopic (exact) mass is 372 g/mol. The lowest BCUT2D eigenvalue weighted by Crippen LogP contribution is -2.41. The molecular weight excluding hydrogens is 328 g/mol. The predicted molar refractivity (Wildman–Crippen MR) is 110 cm³/mol. The van der Waals surface area contributed by atoms with E-state index in [1.165, 1.54) is 0 Å². The van der Waals surface area contributed by atoms with Gasteiger partial charge in [0.2, 0.25) is 0 Å². The van der Waals surface area contributed by atoms with Crippen LogP contribution in [0, 0.1) is 0 Å². The van der Waals surface area contributed by atoms with Gasteiger partial charge in [-0.2, -0.15) is 0 Å². The summed E-state index contributed by atoms with van der Waals surface area (Å²) in [5.74, 6) is 0. The fourth-order valence-electron chi connectivity index (χ4n) is 1.84. The van der Waals surface area contributed by atoms with Crippen LogP contribution >= 0.6 is 0 Å². The number of sulfone groups is 1. The maximum absolute atomic E-state index is 11.7. The van der Waals surface area contributed by atoms with Gasteiger partial charge in [-0.3, -0.25) is 4.21 Å². The molecule has 0 heterocycles. The maximum atomic E-state index is 11.7. The molecule has 0 radical (unpaired) electrons. The van der Waals surface area contributed by atoms with Crippen molar-refractivity contribution in [2.24, 2.45) is 0 Å². The topological polar surface area (TPSA) is 51.2 Å². The van der Waals surface area contributed by atoms with Crippen molar-refractivity contribution in [3.63, 3.8) is 0 Å². The zero-order chi connectivity index (χ0) is 18.1. The third-order valence-electron chi connectivity index (χ3n) is 2.72. The minimum Gasteiger partial charge on any atom is -0.258 e. The number of hydrogen-bond donors (Lipinski definition) is 0. The second kappa shape index (κ2) is 8.98. The van der Waals surface area contributed by atoms with Crippen LogP contribution in [0.3, 0.4) is 0 Å². The van der Waals surface area contributed by atoms with Crippen molar-refractivity contribution in [1.29, 1.82) is 0 Å². The summed E-state index contributed by atoms with van der Waals surface area (Å²) in [6.45, 7) is 22.4. The van der Waals surface area contributed by atoms with E-state index in [0.717, 1.165) is 0 Å². The predicted octanol–water partition coefficient (Wildman–Crippen LogP) is 5.60. The first-order chi connectivity index (χ1) is 8.65. The van der Waals surface area contributed by atoms with Crippen LogP contribution in [0.15, 0.2) is 0 Å². The average Bonchev–Trinajstić information content (AvgIpc) is 2.11. The van der Waals surface area contributed by atoms with Gasteiger partial charge in [-0.1, -0.05) is 14.9 Å². The molecule has 0 aromatic heterocycles. The van der Waals surface area contributed by atoms with Crippen LogP contribution in [0.25, 0.3) is 0 Å². The van der Waals surface area contributed by atoms with E-state index < -0.39 is 30.1 Å². The molecule has 0 saturated carbocycles. The van der Waals surface area contributed by atoms with Gasteiger partial charge >= 0.3 is 0 Å². The fourth-order valence-corrected chi connectivity index (χ4v) is 5.51. The zero-order valence-electron chi connectivity index (χ0n) is 16.0. The molecule has 0 bridgehead atoms. The molecule has 0 amide bonds. The molecule has 5 heteroatoms.